The van der Waals surface area contributed by atoms with Gasteiger partial charge in [0.15, 0.2) is 0 Å². The van der Waals surface area contributed by atoms with Crippen molar-refractivity contribution in [3.05, 3.63) is 57.3 Å². The van der Waals surface area contributed by atoms with E-state index in [2.05, 4.69) is 44.4 Å². The van der Waals surface area contributed by atoms with Gasteiger partial charge in [-0.2, -0.15) is 0 Å². The number of rotatable bonds is 5. The smallest absolute Gasteiger partial charge is 0.139 e. The second-order valence-electron chi connectivity index (χ2n) is 4.08. The van der Waals surface area contributed by atoms with Gasteiger partial charge in [-0.15, -0.1) is 0 Å². The number of hydrogen-bond acceptors (Lipinski definition) is 3. The van der Waals surface area contributed by atoms with Gasteiger partial charge >= 0.3 is 0 Å². The fourth-order valence-electron chi connectivity index (χ4n) is 1.65. The highest BCUT2D eigenvalue weighted by Gasteiger charge is 2.03. The van der Waals surface area contributed by atoms with Gasteiger partial charge in [0.25, 0.3) is 0 Å². The maximum Gasteiger partial charge on any atom is 0.139 e. The lowest BCUT2D eigenvalue weighted by Gasteiger charge is -2.09. The van der Waals surface area contributed by atoms with Gasteiger partial charge in [-0.3, -0.25) is 4.98 Å². The van der Waals surface area contributed by atoms with Crippen LogP contribution < -0.4 is 10.1 Å². The molecule has 1 aromatic carbocycles. The SMILES string of the molecule is CNCc1ccc(COc2cncc(Cl)c2)c(Br)c1. The Kier molecular flexibility index (Phi) is 5.19. The molecule has 0 amide bonds. The molecule has 2 rings (SSSR count). The monoisotopic (exact) mass is 340 g/mol. The van der Waals surface area contributed by atoms with Crippen LogP contribution in [-0.2, 0) is 13.2 Å². The van der Waals surface area contributed by atoms with Gasteiger partial charge in [0.1, 0.15) is 12.4 Å². The van der Waals surface area contributed by atoms with Crippen molar-refractivity contribution in [3.8, 4) is 5.75 Å². The summed E-state index contributed by atoms with van der Waals surface area (Å²) >= 11 is 9.41. The lowest BCUT2D eigenvalue weighted by atomic mass is 10.1. The molecule has 1 heterocycles. The summed E-state index contributed by atoms with van der Waals surface area (Å²) in [5.41, 5.74) is 2.31. The van der Waals surface area contributed by atoms with Crippen LogP contribution in [0.2, 0.25) is 5.02 Å². The van der Waals surface area contributed by atoms with Crippen LogP contribution in [0.25, 0.3) is 0 Å². The zero-order valence-corrected chi connectivity index (χ0v) is 12.8. The summed E-state index contributed by atoms with van der Waals surface area (Å²) in [5, 5.41) is 3.69. The van der Waals surface area contributed by atoms with Crippen molar-refractivity contribution >= 4 is 27.5 Å². The van der Waals surface area contributed by atoms with Gasteiger partial charge in [0.05, 0.1) is 11.2 Å². The minimum absolute atomic E-state index is 0.475. The van der Waals surface area contributed by atoms with E-state index in [-0.39, 0.29) is 0 Å². The molecule has 0 aliphatic carbocycles. The first-order chi connectivity index (χ1) is 9.19. The number of nitrogens with one attached hydrogen (secondary N) is 1. The normalized spacial score (nSPS) is 10.5. The minimum Gasteiger partial charge on any atom is -0.487 e. The number of benzene rings is 1. The zero-order chi connectivity index (χ0) is 13.7. The van der Waals surface area contributed by atoms with Crippen LogP contribution in [0.4, 0.5) is 0 Å². The van der Waals surface area contributed by atoms with Crippen molar-refractivity contribution in [2.24, 2.45) is 0 Å². The summed E-state index contributed by atoms with van der Waals surface area (Å²) in [6.45, 7) is 1.32. The summed E-state index contributed by atoms with van der Waals surface area (Å²) in [5.74, 6) is 0.665. The predicted molar refractivity (Wildman–Crippen MR) is 80.5 cm³/mol. The molecule has 0 bridgehead atoms. The molecule has 5 heteroatoms. The van der Waals surface area contributed by atoms with E-state index in [0.717, 1.165) is 16.6 Å². The highest BCUT2D eigenvalue weighted by atomic mass is 79.9. The average molecular weight is 342 g/mol. The first kappa shape index (κ1) is 14.3. The lowest BCUT2D eigenvalue weighted by Crippen LogP contribution is -2.05. The fourth-order valence-corrected chi connectivity index (χ4v) is 2.36. The molecule has 0 saturated carbocycles. The standard InChI is InChI=1S/C14H14BrClN2O/c1-17-6-10-2-3-11(14(15)4-10)9-19-13-5-12(16)7-18-8-13/h2-5,7-8,17H,6,9H2,1H3. The molecule has 3 nitrogen and oxygen atoms in total. The van der Waals surface area contributed by atoms with Crippen molar-refractivity contribution in [2.75, 3.05) is 7.05 Å². The van der Waals surface area contributed by atoms with Gasteiger partial charge in [0, 0.05) is 28.8 Å². The molecule has 2 aromatic rings. The molecule has 0 aliphatic heterocycles. The van der Waals surface area contributed by atoms with Gasteiger partial charge in [0.2, 0.25) is 0 Å². The number of aromatic nitrogens is 1. The number of halogens is 2. The van der Waals surface area contributed by atoms with Crippen molar-refractivity contribution < 1.29 is 4.74 Å². The number of ether oxygens (including phenoxy) is 1. The summed E-state index contributed by atoms with van der Waals surface area (Å²) < 4.78 is 6.70. The van der Waals surface area contributed by atoms with E-state index in [0.29, 0.717) is 17.4 Å². The maximum atomic E-state index is 5.85. The van der Waals surface area contributed by atoms with Crippen LogP contribution in [-0.4, -0.2) is 12.0 Å². The molecule has 0 aliphatic rings. The van der Waals surface area contributed by atoms with Crippen LogP contribution in [0.15, 0.2) is 41.1 Å². The third-order valence-corrected chi connectivity index (χ3v) is 3.52. The van der Waals surface area contributed by atoms with E-state index < -0.39 is 0 Å². The zero-order valence-electron chi connectivity index (χ0n) is 10.5. The topological polar surface area (TPSA) is 34.1 Å². The molecule has 0 spiro atoms. The van der Waals surface area contributed by atoms with E-state index in [1.807, 2.05) is 7.05 Å². The molecular formula is C14H14BrClN2O. The van der Waals surface area contributed by atoms with Crippen LogP contribution in [0.3, 0.4) is 0 Å². The molecule has 0 unspecified atom stereocenters. The number of nitrogens with zero attached hydrogens (tertiary/aromatic N) is 1. The molecule has 0 fully saturated rings. The van der Waals surface area contributed by atoms with Gasteiger partial charge < -0.3 is 10.1 Å². The highest BCUT2D eigenvalue weighted by Crippen LogP contribution is 2.22. The third-order valence-electron chi connectivity index (χ3n) is 2.57. The Morgan fingerprint density at radius 2 is 2.16 bits per heavy atom. The van der Waals surface area contributed by atoms with Crippen LogP contribution in [0, 0.1) is 0 Å². The molecule has 100 valence electrons. The quantitative estimate of drug-likeness (QED) is 0.898. The van der Waals surface area contributed by atoms with Crippen molar-refractivity contribution in [1.82, 2.24) is 10.3 Å². The molecular weight excluding hydrogens is 328 g/mol. The fraction of sp³-hybridized carbons (Fsp3) is 0.214. The third kappa shape index (κ3) is 4.20. The Labute approximate surface area is 126 Å². The average Bonchev–Trinajstić information content (AvgIpc) is 2.38. The van der Waals surface area contributed by atoms with Crippen molar-refractivity contribution in [1.29, 1.82) is 0 Å². The Hall–Kier alpha value is -1.10. The first-order valence-electron chi connectivity index (χ1n) is 5.84. The van der Waals surface area contributed by atoms with E-state index in [4.69, 9.17) is 16.3 Å². The summed E-state index contributed by atoms with van der Waals surface area (Å²) in [6.07, 6.45) is 3.23. The molecule has 0 atom stereocenters. The molecule has 0 saturated heterocycles. The Morgan fingerprint density at radius 3 is 2.84 bits per heavy atom. The van der Waals surface area contributed by atoms with Gasteiger partial charge in [-0.1, -0.05) is 39.7 Å². The van der Waals surface area contributed by atoms with Crippen LogP contribution in [0.5, 0.6) is 5.75 Å². The Morgan fingerprint density at radius 1 is 1.32 bits per heavy atom. The summed E-state index contributed by atoms with van der Waals surface area (Å²) in [7, 11) is 1.93. The second-order valence-corrected chi connectivity index (χ2v) is 5.37. The van der Waals surface area contributed by atoms with E-state index >= 15 is 0 Å². The highest BCUT2D eigenvalue weighted by molar-refractivity contribution is 9.10. The summed E-state index contributed by atoms with van der Waals surface area (Å²) in [4.78, 5) is 3.98. The van der Waals surface area contributed by atoms with Crippen LogP contribution >= 0.6 is 27.5 Å². The van der Waals surface area contributed by atoms with Crippen molar-refractivity contribution in [2.45, 2.75) is 13.2 Å². The minimum atomic E-state index is 0.475. The van der Waals surface area contributed by atoms with Crippen LogP contribution in [0.1, 0.15) is 11.1 Å². The second kappa shape index (κ2) is 6.89. The van der Waals surface area contributed by atoms with E-state index in [1.165, 1.54) is 5.56 Å². The molecule has 0 radical (unpaired) electrons. The van der Waals surface area contributed by atoms with Crippen molar-refractivity contribution in [3.63, 3.8) is 0 Å². The number of pyridine rings is 1. The van der Waals surface area contributed by atoms with E-state index in [9.17, 15) is 0 Å². The molecule has 1 N–H and O–H groups in total. The number of hydrogen-bond donors (Lipinski definition) is 1. The maximum absolute atomic E-state index is 5.85. The first-order valence-corrected chi connectivity index (χ1v) is 7.01. The van der Waals surface area contributed by atoms with Gasteiger partial charge in [-0.05, 0) is 18.7 Å². The molecule has 19 heavy (non-hydrogen) atoms. The Bertz CT molecular complexity index is 563. The van der Waals surface area contributed by atoms with E-state index in [1.54, 1.807) is 18.5 Å². The predicted octanol–water partition coefficient (Wildman–Crippen LogP) is 3.80. The Balaban J connectivity index is 2.03. The van der Waals surface area contributed by atoms with Gasteiger partial charge in [-0.25, -0.2) is 0 Å². The largest absolute Gasteiger partial charge is 0.487 e. The lowest BCUT2D eigenvalue weighted by molar-refractivity contribution is 0.304. The summed E-state index contributed by atoms with van der Waals surface area (Å²) in [6, 6.07) is 7.97. The molecule has 1 aromatic heterocycles.